The SMILES string of the molecule is CC(C(=O)NCc1ccc(Cl)s1)N1C(=O)NC2(CCCC2)C1=O. The Balaban J connectivity index is 1.64. The van der Waals surface area contributed by atoms with Gasteiger partial charge in [-0.2, -0.15) is 0 Å². The highest BCUT2D eigenvalue weighted by Gasteiger charge is 2.54. The minimum absolute atomic E-state index is 0.276. The quantitative estimate of drug-likeness (QED) is 0.813. The maximum absolute atomic E-state index is 12.6. The van der Waals surface area contributed by atoms with Crippen molar-refractivity contribution in [3.63, 3.8) is 0 Å². The predicted molar refractivity (Wildman–Crippen MR) is 87.2 cm³/mol. The van der Waals surface area contributed by atoms with Crippen molar-refractivity contribution in [1.29, 1.82) is 0 Å². The van der Waals surface area contributed by atoms with Crippen LogP contribution in [0.5, 0.6) is 0 Å². The summed E-state index contributed by atoms with van der Waals surface area (Å²) in [5.41, 5.74) is -0.785. The molecule has 2 fully saturated rings. The summed E-state index contributed by atoms with van der Waals surface area (Å²) in [5, 5.41) is 5.53. The molecule has 1 aliphatic heterocycles. The molecule has 1 aromatic heterocycles. The summed E-state index contributed by atoms with van der Waals surface area (Å²) in [6.45, 7) is 1.90. The average Bonchev–Trinajstić information content (AvgIpc) is 3.19. The number of thiophene rings is 1. The van der Waals surface area contributed by atoms with E-state index in [1.54, 1.807) is 13.0 Å². The third-order valence-corrected chi connectivity index (χ3v) is 5.71. The Morgan fingerprint density at radius 2 is 2.13 bits per heavy atom. The minimum atomic E-state index is -0.835. The molecule has 2 heterocycles. The molecular weight excluding hydrogens is 338 g/mol. The zero-order chi connectivity index (χ0) is 16.6. The molecule has 3 rings (SSSR count). The number of imide groups is 1. The summed E-state index contributed by atoms with van der Waals surface area (Å²) in [6, 6.07) is 2.29. The van der Waals surface area contributed by atoms with Gasteiger partial charge >= 0.3 is 6.03 Å². The molecule has 1 aliphatic carbocycles. The Bertz CT molecular complexity index is 654. The normalized spacial score (nSPS) is 20.9. The molecule has 2 N–H and O–H groups in total. The lowest BCUT2D eigenvalue weighted by atomic mass is 9.97. The fourth-order valence-electron chi connectivity index (χ4n) is 3.20. The Hall–Kier alpha value is -1.60. The van der Waals surface area contributed by atoms with Crippen molar-refractivity contribution in [2.24, 2.45) is 0 Å². The van der Waals surface area contributed by atoms with Gasteiger partial charge in [0, 0.05) is 4.88 Å². The maximum Gasteiger partial charge on any atom is 0.325 e. The fraction of sp³-hybridized carbons (Fsp3) is 0.533. The number of urea groups is 1. The zero-order valence-corrected chi connectivity index (χ0v) is 14.3. The number of hydrogen-bond acceptors (Lipinski definition) is 4. The van der Waals surface area contributed by atoms with Crippen LogP contribution in [0.3, 0.4) is 0 Å². The summed E-state index contributed by atoms with van der Waals surface area (Å²) < 4.78 is 0.652. The van der Waals surface area contributed by atoms with Crippen LogP contribution in [0.2, 0.25) is 4.34 Å². The van der Waals surface area contributed by atoms with E-state index in [1.807, 2.05) is 6.07 Å². The van der Waals surface area contributed by atoms with E-state index in [0.29, 0.717) is 23.7 Å². The second-order valence-corrected chi connectivity index (χ2v) is 7.79. The van der Waals surface area contributed by atoms with E-state index < -0.39 is 17.6 Å². The van der Waals surface area contributed by atoms with Crippen LogP contribution in [0.4, 0.5) is 4.79 Å². The Morgan fingerprint density at radius 1 is 1.43 bits per heavy atom. The molecule has 0 radical (unpaired) electrons. The first-order valence-corrected chi connectivity index (χ1v) is 8.80. The second kappa shape index (κ2) is 6.13. The number of halogens is 1. The Morgan fingerprint density at radius 3 is 2.74 bits per heavy atom. The molecule has 1 unspecified atom stereocenters. The monoisotopic (exact) mass is 355 g/mol. The highest BCUT2D eigenvalue weighted by molar-refractivity contribution is 7.16. The van der Waals surface area contributed by atoms with Crippen LogP contribution >= 0.6 is 22.9 Å². The van der Waals surface area contributed by atoms with Crippen LogP contribution in [0, 0.1) is 0 Å². The molecule has 1 atom stereocenters. The van der Waals surface area contributed by atoms with Gasteiger partial charge in [0.25, 0.3) is 5.91 Å². The fourth-order valence-corrected chi connectivity index (χ4v) is 4.22. The Labute approximate surface area is 143 Å². The van der Waals surface area contributed by atoms with Gasteiger partial charge in [0.15, 0.2) is 0 Å². The van der Waals surface area contributed by atoms with Gasteiger partial charge < -0.3 is 10.6 Å². The van der Waals surface area contributed by atoms with Crippen LogP contribution in [0.25, 0.3) is 0 Å². The molecule has 8 heteroatoms. The summed E-state index contributed by atoms with van der Waals surface area (Å²) >= 11 is 7.23. The summed E-state index contributed by atoms with van der Waals surface area (Å²) in [4.78, 5) is 39.0. The predicted octanol–water partition coefficient (Wildman–Crippen LogP) is 2.27. The average molecular weight is 356 g/mol. The third kappa shape index (κ3) is 2.95. The van der Waals surface area contributed by atoms with Gasteiger partial charge in [0.2, 0.25) is 5.91 Å². The first-order valence-electron chi connectivity index (χ1n) is 7.61. The van der Waals surface area contributed by atoms with Gasteiger partial charge in [-0.1, -0.05) is 24.4 Å². The van der Waals surface area contributed by atoms with E-state index in [4.69, 9.17) is 11.6 Å². The lowest BCUT2D eigenvalue weighted by Gasteiger charge is -2.23. The van der Waals surface area contributed by atoms with Crippen LogP contribution in [0.15, 0.2) is 12.1 Å². The van der Waals surface area contributed by atoms with E-state index in [0.717, 1.165) is 22.6 Å². The van der Waals surface area contributed by atoms with Crippen molar-refractivity contribution >= 4 is 40.8 Å². The zero-order valence-electron chi connectivity index (χ0n) is 12.7. The highest BCUT2D eigenvalue weighted by atomic mass is 35.5. The van der Waals surface area contributed by atoms with Gasteiger partial charge in [-0.05, 0) is 31.9 Å². The third-order valence-electron chi connectivity index (χ3n) is 4.48. The van der Waals surface area contributed by atoms with E-state index in [2.05, 4.69) is 10.6 Å². The largest absolute Gasteiger partial charge is 0.349 e. The van der Waals surface area contributed by atoms with Crippen LogP contribution in [0.1, 0.15) is 37.5 Å². The number of carbonyl (C=O) groups is 3. The van der Waals surface area contributed by atoms with E-state index in [1.165, 1.54) is 11.3 Å². The molecule has 1 spiro atoms. The van der Waals surface area contributed by atoms with E-state index in [9.17, 15) is 14.4 Å². The van der Waals surface area contributed by atoms with Crippen molar-refractivity contribution in [2.75, 3.05) is 0 Å². The van der Waals surface area contributed by atoms with Crippen molar-refractivity contribution in [2.45, 2.75) is 50.7 Å². The molecule has 1 saturated heterocycles. The molecule has 124 valence electrons. The highest BCUT2D eigenvalue weighted by Crippen LogP contribution is 2.35. The standard InChI is InChI=1S/C15H18ClN3O3S/c1-9(12(20)17-8-10-4-5-11(16)23-10)19-13(21)15(18-14(19)22)6-2-3-7-15/h4-5,9H,2-3,6-8H2,1H3,(H,17,20)(H,18,22). The maximum atomic E-state index is 12.6. The lowest BCUT2D eigenvalue weighted by Crippen LogP contribution is -2.49. The van der Waals surface area contributed by atoms with E-state index in [-0.39, 0.29) is 11.8 Å². The molecule has 4 amide bonds. The van der Waals surface area contributed by atoms with E-state index >= 15 is 0 Å². The second-order valence-electron chi connectivity index (χ2n) is 5.99. The number of carbonyl (C=O) groups excluding carboxylic acids is 3. The number of nitrogens with one attached hydrogen (secondary N) is 2. The molecule has 1 aromatic rings. The summed E-state index contributed by atoms with van der Waals surface area (Å²) in [5.74, 6) is -0.630. The Kier molecular flexibility index (Phi) is 4.33. The van der Waals surface area contributed by atoms with Gasteiger partial charge in [-0.3, -0.25) is 9.59 Å². The number of hydrogen-bond donors (Lipinski definition) is 2. The van der Waals surface area contributed by atoms with Gasteiger partial charge in [-0.15, -0.1) is 11.3 Å². The number of nitrogens with zero attached hydrogens (tertiary/aromatic N) is 1. The van der Waals surface area contributed by atoms with Gasteiger partial charge in [0.05, 0.1) is 10.9 Å². The minimum Gasteiger partial charge on any atom is -0.349 e. The molecule has 0 aromatic carbocycles. The number of rotatable bonds is 4. The molecule has 6 nitrogen and oxygen atoms in total. The van der Waals surface area contributed by atoms with Crippen molar-refractivity contribution in [1.82, 2.24) is 15.5 Å². The first kappa shape index (κ1) is 16.3. The summed E-state index contributed by atoms with van der Waals surface area (Å²) in [7, 11) is 0. The molecule has 1 saturated carbocycles. The molecular formula is C15H18ClN3O3S. The molecule has 23 heavy (non-hydrogen) atoms. The van der Waals surface area contributed by atoms with Gasteiger partial charge in [-0.25, -0.2) is 9.69 Å². The lowest BCUT2D eigenvalue weighted by molar-refractivity contribution is -0.137. The topological polar surface area (TPSA) is 78.5 Å². The number of amides is 4. The van der Waals surface area contributed by atoms with Crippen LogP contribution < -0.4 is 10.6 Å². The van der Waals surface area contributed by atoms with Crippen LogP contribution in [-0.2, 0) is 16.1 Å². The van der Waals surface area contributed by atoms with Crippen molar-refractivity contribution < 1.29 is 14.4 Å². The first-order chi connectivity index (χ1) is 10.9. The van der Waals surface area contributed by atoms with Crippen molar-refractivity contribution in [3.8, 4) is 0 Å². The smallest absolute Gasteiger partial charge is 0.325 e. The molecule has 0 bridgehead atoms. The summed E-state index contributed by atoms with van der Waals surface area (Å²) in [6.07, 6.45) is 3.13. The van der Waals surface area contributed by atoms with Crippen molar-refractivity contribution in [3.05, 3.63) is 21.3 Å². The van der Waals surface area contributed by atoms with Crippen LogP contribution in [-0.4, -0.2) is 34.3 Å². The molecule has 2 aliphatic rings. The van der Waals surface area contributed by atoms with Gasteiger partial charge in [0.1, 0.15) is 11.6 Å².